The Labute approximate surface area is 173 Å². The number of aryl methyl sites for hydroxylation is 4. The number of carboxylic acids is 1. The number of likely N-dealkylation sites (tertiary alicyclic amines) is 1. The van der Waals surface area contributed by atoms with Crippen molar-refractivity contribution in [2.75, 3.05) is 13.1 Å². The molecular weight excluding hydrogens is 386 g/mol. The highest BCUT2D eigenvalue weighted by atomic mass is 16.4. The molecule has 0 aliphatic carbocycles. The van der Waals surface area contributed by atoms with Crippen LogP contribution in [0.25, 0.3) is 21.9 Å². The SMILES string of the molecule is Cc1oc2c(c(C)cc3oc(=O)c(CC(=O)N4CCC[C@@H](C(=O)O)C4)c(C)c32)c1C. The van der Waals surface area contributed by atoms with E-state index in [2.05, 4.69) is 0 Å². The zero-order valence-corrected chi connectivity index (χ0v) is 17.6. The van der Waals surface area contributed by atoms with E-state index in [1.54, 1.807) is 6.92 Å². The van der Waals surface area contributed by atoms with Gasteiger partial charge in [-0.25, -0.2) is 4.79 Å². The molecule has 2 aromatic heterocycles. The van der Waals surface area contributed by atoms with Gasteiger partial charge >= 0.3 is 11.6 Å². The molecule has 1 aliphatic heterocycles. The quantitative estimate of drug-likeness (QED) is 0.661. The van der Waals surface area contributed by atoms with Crippen LogP contribution in [0.4, 0.5) is 0 Å². The predicted octanol–water partition coefficient (Wildman–Crippen LogP) is 3.64. The van der Waals surface area contributed by atoms with Crippen molar-refractivity contribution in [2.24, 2.45) is 5.92 Å². The summed E-state index contributed by atoms with van der Waals surface area (Å²) in [6.07, 6.45) is 1.08. The normalized spacial score (nSPS) is 17.1. The monoisotopic (exact) mass is 411 g/mol. The molecule has 0 bridgehead atoms. The van der Waals surface area contributed by atoms with Crippen molar-refractivity contribution in [1.82, 2.24) is 4.90 Å². The summed E-state index contributed by atoms with van der Waals surface area (Å²) in [5.41, 5.74) is 3.53. The lowest BCUT2D eigenvalue weighted by Gasteiger charge is -2.30. The summed E-state index contributed by atoms with van der Waals surface area (Å²) >= 11 is 0. The highest BCUT2D eigenvalue weighted by molar-refractivity contribution is 6.07. The third kappa shape index (κ3) is 3.18. The Morgan fingerprint density at radius 1 is 1.13 bits per heavy atom. The van der Waals surface area contributed by atoms with Crippen LogP contribution in [0.1, 0.15) is 40.9 Å². The van der Waals surface area contributed by atoms with Crippen molar-refractivity contribution in [3.63, 3.8) is 0 Å². The number of furan rings is 1. The number of hydrogen-bond donors (Lipinski definition) is 1. The van der Waals surface area contributed by atoms with Gasteiger partial charge in [-0.1, -0.05) is 0 Å². The minimum absolute atomic E-state index is 0.121. The van der Waals surface area contributed by atoms with E-state index in [1.165, 1.54) is 4.90 Å². The lowest BCUT2D eigenvalue weighted by molar-refractivity contribution is -0.145. The summed E-state index contributed by atoms with van der Waals surface area (Å²) in [7, 11) is 0. The van der Waals surface area contributed by atoms with Gasteiger partial charge in [0, 0.05) is 18.5 Å². The fourth-order valence-corrected chi connectivity index (χ4v) is 4.50. The summed E-state index contributed by atoms with van der Waals surface area (Å²) in [6, 6.07) is 1.84. The second-order valence-electron chi connectivity index (χ2n) is 8.24. The van der Waals surface area contributed by atoms with Crippen LogP contribution in [-0.2, 0) is 16.0 Å². The van der Waals surface area contributed by atoms with E-state index in [-0.39, 0.29) is 18.9 Å². The third-order valence-electron chi connectivity index (χ3n) is 6.33. The van der Waals surface area contributed by atoms with E-state index < -0.39 is 17.5 Å². The second-order valence-corrected chi connectivity index (χ2v) is 8.24. The first kappa shape index (κ1) is 20.2. The molecule has 1 atom stereocenters. The summed E-state index contributed by atoms with van der Waals surface area (Å²) in [5.74, 6) is -0.911. The van der Waals surface area contributed by atoms with Crippen LogP contribution in [0.3, 0.4) is 0 Å². The molecule has 0 saturated carbocycles. The largest absolute Gasteiger partial charge is 0.481 e. The molecule has 1 aromatic carbocycles. The molecule has 0 spiro atoms. The number of benzene rings is 1. The number of carbonyl (C=O) groups is 2. The Morgan fingerprint density at radius 3 is 2.57 bits per heavy atom. The Kier molecular flexibility index (Phi) is 4.92. The predicted molar refractivity (Wildman–Crippen MR) is 112 cm³/mol. The zero-order chi connectivity index (χ0) is 21.7. The number of nitrogens with zero attached hydrogens (tertiary/aromatic N) is 1. The first-order valence-electron chi connectivity index (χ1n) is 10.1. The van der Waals surface area contributed by atoms with Crippen LogP contribution >= 0.6 is 0 Å². The van der Waals surface area contributed by atoms with Gasteiger partial charge in [-0.05, 0) is 63.3 Å². The van der Waals surface area contributed by atoms with Gasteiger partial charge in [0.2, 0.25) is 5.91 Å². The number of amides is 1. The molecule has 0 unspecified atom stereocenters. The maximum atomic E-state index is 12.9. The molecular formula is C23H25NO6. The fourth-order valence-electron chi connectivity index (χ4n) is 4.50. The topological polar surface area (TPSA) is 101 Å². The average Bonchev–Trinajstić information content (AvgIpc) is 2.99. The lowest BCUT2D eigenvalue weighted by Crippen LogP contribution is -2.43. The Balaban J connectivity index is 1.78. The van der Waals surface area contributed by atoms with Crippen molar-refractivity contribution in [3.8, 4) is 0 Å². The van der Waals surface area contributed by atoms with Gasteiger partial charge in [0.05, 0.1) is 23.3 Å². The maximum Gasteiger partial charge on any atom is 0.340 e. The van der Waals surface area contributed by atoms with Crippen LogP contribution < -0.4 is 5.63 Å². The zero-order valence-electron chi connectivity index (χ0n) is 17.6. The molecule has 1 saturated heterocycles. The molecule has 4 rings (SSSR count). The van der Waals surface area contributed by atoms with Crippen molar-refractivity contribution in [1.29, 1.82) is 0 Å². The van der Waals surface area contributed by atoms with Crippen LogP contribution in [0.2, 0.25) is 0 Å². The number of aliphatic carboxylic acids is 1. The minimum Gasteiger partial charge on any atom is -0.481 e. The summed E-state index contributed by atoms with van der Waals surface area (Å²) in [5, 5.41) is 11.0. The first-order chi connectivity index (χ1) is 14.2. The molecule has 7 nitrogen and oxygen atoms in total. The number of carbonyl (C=O) groups excluding carboxylic acids is 1. The molecule has 1 amide bonds. The lowest BCUT2D eigenvalue weighted by atomic mass is 9.96. The summed E-state index contributed by atoms with van der Waals surface area (Å²) < 4.78 is 11.6. The summed E-state index contributed by atoms with van der Waals surface area (Å²) in [4.78, 5) is 38.4. The number of carboxylic acid groups (broad SMARTS) is 1. The van der Waals surface area contributed by atoms with Crippen molar-refractivity contribution in [3.05, 3.63) is 44.5 Å². The molecule has 1 aliphatic rings. The van der Waals surface area contributed by atoms with Crippen molar-refractivity contribution >= 4 is 33.8 Å². The number of rotatable bonds is 3. The van der Waals surface area contributed by atoms with E-state index in [9.17, 15) is 19.5 Å². The molecule has 30 heavy (non-hydrogen) atoms. The van der Waals surface area contributed by atoms with Gasteiger partial charge in [-0.15, -0.1) is 0 Å². The van der Waals surface area contributed by atoms with Gasteiger partial charge in [-0.3, -0.25) is 9.59 Å². The van der Waals surface area contributed by atoms with E-state index in [0.717, 1.165) is 22.3 Å². The van der Waals surface area contributed by atoms with Gasteiger partial charge < -0.3 is 18.8 Å². The molecule has 3 aromatic rings. The Morgan fingerprint density at radius 2 is 1.87 bits per heavy atom. The Bertz CT molecular complexity index is 1250. The third-order valence-corrected chi connectivity index (χ3v) is 6.33. The highest BCUT2D eigenvalue weighted by Crippen LogP contribution is 2.36. The molecule has 7 heteroatoms. The fraction of sp³-hybridized carbons (Fsp3) is 0.435. The molecule has 0 radical (unpaired) electrons. The van der Waals surface area contributed by atoms with Crippen LogP contribution in [-0.4, -0.2) is 35.0 Å². The first-order valence-corrected chi connectivity index (χ1v) is 10.1. The highest BCUT2D eigenvalue weighted by Gasteiger charge is 2.29. The van der Waals surface area contributed by atoms with Crippen LogP contribution in [0.5, 0.6) is 0 Å². The van der Waals surface area contributed by atoms with Gasteiger partial charge in [0.1, 0.15) is 16.9 Å². The minimum atomic E-state index is -0.893. The van der Waals surface area contributed by atoms with Crippen LogP contribution in [0, 0.1) is 33.6 Å². The van der Waals surface area contributed by atoms with E-state index in [4.69, 9.17) is 8.83 Å². The van der Waals surface area contributed by atoms with Crippen molar-refractivity contribution in [2.45, 2.75) is 47.0 Å². The van der Waals surface area contributed by atoms with Crippen LogP contribution in [0.15, 0.2) is 19.7 Å². The molecule has 158 valence electrons. The van der Waals surface area contributed by atoms with Crippen molar-refractivity contribution < 1.29 is 23.5 Å². The van der Waals surface area contributed by atoms with Gasteiger partial charge in [-0.2, -0.15) is 0 Å². The Hall–Kier alpha value is -3.09. The number of fused-ring (bicyclic) bond motifs is 3. The number of hydrogen-bond acceptors (Lipinski definition) is 5. The van der Waals surface area contributed by atoms with E-state index in [1.807, 2.05) is 26.8 Å². The van der Waals surface area contributed by atoms with E-state index in [0.29, 0.717) is 47.1 Å². The molecule has 3 heterocycles. The average molecular weight is 411 g/mol. The summed E-state index contributed by atoms with van der Waals surface area (Å²) in [6.45, 7) is 8.32. The van der Waals surface area contributed by atoms with Gasteiger partial charge in [0.15, 0.2) is 0 Å². The number of piperidine rings is 1. The smallest absolute Gasteiger partial charge is 0.340 e. The van der Waals surface area contributed by atoms with Gasteiger partial charge in [0.25, 0.3) is 0 Å². The standard InChI is InChI=1S/C23H25NO6/c1-11-8-17-20(21-19(11)12(2)14(4)29-21)13(3)16(23(28)30-17)9-18(25)24-7-5-6-15(10-24)22(26)27/h8,15H,5-7,9-10H2,1-4H3,(H,26,27)/t15-/m1/s1. The molecule has 1 N–H and O–H groups in total. The maximum absolute atomic E-state index is 12.9. The molecule has 1 fully saturated rings. The second kappa shape index (κ2) is 7.31. The van der Waals surface area contributed by atoms with E-state index >= 15 is 0 Å².